The lowest BCUT2D eigenvalue weighted by Crippen LogP contribution is -2.42. The van der Waals surface area contributed by atoms with Crippen molar-refractivity contribution in [3.05, 3.63) is 34.9 Å². The van der Waals surface area contributed by atoms with Crippen LogP contribution >= 0.6 is 0 Å². The van der Waals surface area contributed by atoms with Crippen LogP contribution in [-0.2, 0) is 12.8 Å². The van der Waals surface area contributed by atoms with Crippen molar-refractivity contribution in [1.29, 1.82) is 5.26 Å². The minimum atomic E-state index is -0.241. The van der Waals surface area contributed by atoms with Gasteiger partial charge in [0, 0.05) is 12.1 Å². The molecule has 1 atom stereocenters. The first-order chi connectivity index (χ1) is 9.29. The Balaban J connectivity index is 1.85. The van der Waals surface area contributed by atoms with Gasteiger partial charge in [0.15, 0.2) is 0 Å². The van der Waals surface area contributed by atoms with Crippen LogP contribution in [0, 0.1) is 11.3 Å². The molecule has 1 heterocycles. The van der Waals surface area contributed by atoms with Gasteiger partial charge < -0.3 is 4.90 Å². The molecule has 1 unspecified atom stereocenters. The topological polar surface area (TPSA) is 44.1 Å². The second kappa shape index (κ2) is 5.05. The zero-order valence-electron chi connectivity index (χ0n) is 11.1. The van der Waals surface area contributed by atoms with Gasteiger partial charge in [-0.05, 0) is 61.8 Å². The number of hydrogen-bond donors (Lipinski definition) is 0. The summed E-state index contributed by atoms with van der Waals surface area (Å²) >= 11 is 0. The van der Waals surface area contributed by atoms with Gasteiger partial charge in [0.25, 0.3) is 5.91 Å². The molecule has 3 heteroatoms. The fourth-order valence-corrected chi connectivity index (χ4v) is 3.18. The largest absolute Gasteiger partial charge is 0.323 e. The fourth-order valence-electron chi connectivity index (χ4n) is 3.18. The van der Waals surface area contributed by atoms with E-state index < -0.39 is 0 Å². The number of benzene rings is 1. The van der Waals surface area contributed by atoms with Crippen LogP contribution in [0.5, 0.6) is 0 Å². The first-order valence-electron chi connectivity index (χ1n) is 7.12. The number of nitrogens with zero attached hydrogens (tertiary/aromatic N) is 2. The highest BCUT2D eigenvalue weighted by Gasteiger charge is 2.27. The van der Waals surface area contributed by atoms with E-state index in [0.29, 0.717) is 6.54 Å². The van der Waals surface area contributed by atoms with E-state index in [2.05, 4.69) is 12.1 Å². The Kier molecular flexibility index (Phi) is 3.25. The number of piperidine rings is 1. The standard InChI is InChI=1S/C16H18N2O/c17-11-15-6-1-2-9-18(15)16(19)14-8-7-12-4-3-5-13(12)10-14/h7-8,10,15H,1-6,9H2. The molecule has 3 rings (SSSR count). The molecular weight excluding hydrogens is 236 g/mol. The molecule has 0 aromatic heterocycles. The summed E-state index contributed by atoms with van der Waals surface area (Å²) in [5.41, 5.74) is 3.45. The van der Waals surface area contributed by atoms with Gasteiger partial charge >= 0.3 is 0 Å². The summed E-state index contributed by atoms with van der Waals surface area (Å²) < 4.78 is 0. The van der Waals surface area contributed by atoms with E-state index in [1.54, 1.807) is 4.90 Å². The fraction of sp³-hybridized carbons (Fsp3) is 0.500. The van der Waals surface area contributed by atoms with Crippen LogP contribution in [0.2, 0.25) is 0 Å². The molecule has 0 N–H and O–H groups in total. The molecule has 1 amide bonds. The third-order valence-corrected chi connectivity index (χ3v) is 4.26. The first kappa shape index (κ1) is 12.2. The van der Waals surface area contributed by atoms with E-state index in [0.717, 1.165) is 37.7 Å². The van der Waals surface area contributed by atoms with Gasteiger partial charge in [0.05, 0.1) is 6.07 Å². The number of fused-ring (bicyclic) bond motifs is 1. The summed E-state index contributed by atoms with van der Waals surface area (Å²) in [6.07, 6.45) is 6.28. The van der Waals surface area contributed by atoms with Gasteiger partial charge in [-0.25, -0.2) is 0 Å². The molecule has 1 aromatic carbocycles. The van der Waals surface area contributed by atoms with Crippen molar-refractivity contribution in [3.63, 3.8) is 0 Å². The monoisotopic (exact) mass is 254 g/mol. The summed E-state index contributed by atoms with van der Waals surface area (Å²) in [4.78, 5) is 14.3. The van der Waals surface area contributed by atoms with Crippen molar-refractivity contribution in [2.75, 3.05) is 6.54 Å². The molecule has 1 saturated heterocycles. The van der Waals surface area contributed by atoms with Crippen LogP contribution in [0.25, 0.3) is 0 Å². The minimum absolute atomic E-state index is 0.0287. The summed E-state index contributed by atoms with van der Waals surface area (Å²) in [6.45, 7) is 0.716. The molecule has 3 nitrogen and oxygen atoms in total. The summed E-state index contributed by atoms with van der Waals surface area (Å²) in [6, 6.07) is 8.07. The highest BCUT2D eigenvalue weighted by atomic mass is 16.2. The Morgan fingerprint density at radius 2 is 2.05 bits per heavy atom. The average molecular weight is 254 g/mol. The predicted octanol–water partition coefficient (Wildman–Crippen LogP) is 2.69. The lowest BCUT2D eigenvalue weighted by atomic mass is 10.0. The van der Waals surface area contributed by atoms with Gasteiger partial charge in [0.2, 0.25) is 0 Å². The maximum absolute atomic E-state index is 12.5. The van der Waals surface area contributed by atoms with Crippen LogP contribution < -0.4 is 0 Å². The van der Waals surface area contributed by atoms with Gasteiger partial charge in [-0.2, -0.15) is 5.26 Å². The van der Waals surface area contributed by atoms with Gasteiger partial charge in [0.1, 0.15) is 6.04 Å². The Labute approximate surface area is 113 Å². The lowest BCUT2D eigenvalue weighted by Gasteiger charge is -2.31. The molecular formula is C16H18N2O. The smallest absolute Gasteiger partial charge is 0.254 e. The van der Waals surface area contributed by atoms with E-state index in [1.807, 2.05) is 12.1 Å². The third-order valence-electron chi connectivity index (χ3n) is 4.26. The van der Waals surface area contributed by atoms with Crippen LogP contribution in [0.1, 0.15) is 47.2 Å². The molecule has 1 aromatic rings. The van der Waals surface area contributed by atoms with Crippen LogP contribution in [0.4, 0.5) is 0 Å². The Bertz CT molecular complexity index is 544. The van der Waals surface area contributed by atoms with E-state index in [1.165, 1.54) is 17.5 Å². The normalized spacial score (nSPS) is 21.8. The van der Waals surface area contributed by atoms with Crippen molar-refractivity contribution in [2.45, 2.75) is 44.6 Å². The third kappa shape index (κ3) is 2.23. The maximum atomic E-state index is 12.5. The number of likely N-dealkylation sites (tertiary alicyclic amines) is 1. The highest BCUT2D eigenvalue weighted by Crippen LogP contribution is 2.25. The van der Waals surface area contributed by atoms with Crippen molar-refractivity contribution >= 4 is 5.91 Å². The Morgan fingerprint density at radius 3 is 2.89 bits per heavy atom. The zero-order valence-corrected chi connectivity index (χ0v) is 11.1. The summed E-state index contributed by atoms with van der Waals surface area (Å²) in [5, 5.41) is 9.17. The number of hydrogen-bond acceptors (Lipinski definition) is 2. The number of carbonyl (C=O) groups excluding carboxylic acids is 1. The molecule has 0 saturated carbocycles. The number of rotatable bonds is 1. The van der Waals surface area contributed by atoms with E-state index >= 15 is 0 Å². The van der Waals surface area contributed by atoms with Crippen molar-refractivity contribution in [1.82, 2.24) is 4.90 Å². The van der Waals surface area contributed by atoms with Gasteiger partial charge in [-0.3, -0.25) is 4.79 Å². The Hall–Kier alpha value is -1.82. The van der Waals surface area contributed by atoms with E-state index in [4.69, 9.17) is 5.26 Å². The quantitative estimate of drug-likeness (QED) is 0.773. The molecule has 98 valence electrons. The minimum Gasteiger partial charge on any atom is -0.323 e. The van der Waals surface area contributed by atoms with E-state index in [-0.39, 0.29) is 11.9 Å². The predicted molar refractivity (Wildman–Crippen MR) is 72.8 cm³/mol. The number of carbonyl (C=O) groups is 1. The first-order valence-corrected chi connectivity index (χ1v) is 7.12. The van der Waals surface area contributed by atoms with Gasteiger partial charge in [-0.15, -0.1) is 0 Å². The Morgan fingerprint density at radius 1 is 1.21 bits per heavy atom. The van der Waals surface area contributed by atoms with Gasteiger partial charge in [-0.1, -0.05) is 6.07 Å². The van der Waals surface area contributed by atoms with Crippen molar-refractivity contribution < 1.29 is 4.79 Å². The van der Waals surface area contributed by atoms with Crippen LogP contribution in [-0.4, -0.2) is 23.4 Å². The van der Waals surface area contributed by atoms with Crippen LogP contribution in [0.15, 0.2) is 18.2 Å². The highest BCUT2D eigenvalue weighted by molar-refractivity contribution is 5.95. The van der Waals surface area contributed by atoms with Crippen molar-refractivity contribution in [2.24, 2.45) is 0 Å². The van der Waals surface area contributed by atoms with E-state index in [9.17, 15) is 4.79 Å². The number of amides is 1. The molecule has 19 heavy (non-hydrogen) atoms. The molecule has 0 radical (unpaired) electrons. The molecule has 1 aliphatic heterocycles. The number of nitriles is 1. The number of aryl methyl sites for hydroxylation is 2. The molecule has 1 aliphatic carbocycles. The average Bonchev–Trinajstić information content (AvgIpc) is 2.93. The second-order valence-corrected chi connectivity index (χ2v) is 5.48. The summed E-state index contributed by atoms with van der Waals surface area (Å²) in [5.74, 6) is 0.0287. The molecule has 2 aliphatic rings. The van der Waals surface area contributed by atoms with Crippen molar-refractivity contribution in [3.8, 4) is 6.07 Å². The maximum Gasteiger partial charge on any atom is 0.254 e. The zero-order chi connectivity index (χ0) is 13.2. The summed E-state index contributed by atoms with van der Waals surface area (Å²) in [7, 11) is 0. The SMILES string of the molecule is N#CC1CCCCN1C(=O)c1ccc2c(c1)CCC2. The molecule has 1 fully saturated rings. The molecule has 0 spiro atoms. The van der Waals surface area contributed by atoms with Crippen LogP contribution in [0.3, 0.4) is 0 Å². The lowest BCUT2D eigenvalue weighted by molar-refractivity contribution is 0.0670. The molecule has 0 bridgehead atoms. The second-order valence-electron chi connectivity index (χ2n) is 5.48.